The van der Waals surface area contributed by atoms with Crippen LogP contribution in [0.5, 0.6) is 5.75 Å². The Morgan fingerprint density at radius 2 is 1.53 bits per heavy atom. The summed E-state index contributed by atoms with van der Waals surface area (Å²) in [4.78, 5) is 29.5. The van der Waals surface area contributed by atoms with Crippen molar-refractivity contribution >= 4 is 28.5 Å². The molecule has 0 unspecified atom stereocenters. The fraction of sp³-hybridized carbons (Fsp3) is 0.346. The number of halogens is 3. The predicted molar refractivity (Wildman–Crippen MR) is 133 cm³/mol. The number of anilines is 1. The third-order valence-corrected chi connectivity index (χ3v) is 5.89. The maximum atomic E-state index is 12.4. The van der Waals surface area contributed by atoms with Crippen LogP contribution >= 0.6 is 0 Å². The highest BCUT2D eigenvalue weighted by Gasteiger charge is 2.38. The number of rotatable bonds is 6. The van der Waals surface area contributed by atoms with Crippen LogP contribution in [-0.2, 0) is 4.79 Å². The Hall–Kier alpha value is -3.66. The van der Waals surface area contributed by atoms with Crippen molar-refractivity contribution in [2.75, 3.05) is 25.0 Å². The van der Waals surface area contributed by atoms with Crippen molar-refractivity contribution in [3.8, 4) is 17.0 Å². The van der Waals surface area contributed by atoms with Gasteiger partial charge in [-0.05, 0) is 56.7 Å². The van der Waals surface area contributed by atoms with E-state index >= 15 is 0 Å². The zero-order valence-corrected chi connectivity index (χ0v) is 20.8. The molecule has 1 amide bonds. The van der Waals surface area contributed by atoms with Crippen LogP contribution in [0.4, 0.5) is 18.9 Å². The number of alkyl halides is 3. The highest BCUT2D eigenvalue weighted by Crippen LogP contribution is 2.37. The fourth-order valence-electron chi connectivity index (χ4n) is 3.56. The van der Waals surface area contributed by atoms with E-state index in [1.54, 1.807) is 24.4 Å². The van der Waals surface area contributed by atoms with Gasteiger partial charge in [0.15, 0.2) is 5.75 Å². The van der Waals surface area contributed by atoms with Gasteiger partial charge in [0, 0.05) is 16.6 Å². The summed E-state index contributed by atoms with van der Waals surface area (Å²) in [6, 6.07) is 8.35. The number of carboxylic acid groups (broad SMARTS) is 1. The van der Waals surface area contributed by atoms with Gasteiger partial charge >= 0.3 is 18.1 Å². The minimum atomic E-state index is -5.03. The van der Waals surface area contributed by atoms with Crippen LogP contribution in [0.3, 0.4) is 0 Å². The van der Waals surface area contributed by atoms with Gasteiger partial charge in [0.05, 0.1) is 5.52 Å². The Labute approximate surface area is 207 Å². The van der Waals surface area contributed by atoms with E-state index in [-0.39, 0.29) is 27.9 Å². The third kappa shape index (κ3) is 6.51. The molecule has 3 rings (SSSR count). The minimum absolute atomic E-state index is 0.0303. The summed E-state index contributed by atoms with van der Waals surface area (Å²) in [5.74, 6) is -4.01. The summed E-state index contributed by atoms with van der Waals surface area (Å²) in [5.41, 5.74) is 1.83. The van der Waals surface area contributed by atoms with Crippen molar-refractivity contribution in [3.05, 3.63) is 53.1 Å². The van der Waals surface area contributed by atoms with Gasteiger partial charge in [0.2, 0.25) is 0 Å². The van der Waals surface area contributed by atoms with Crippen molar-refractivity contribution in [1.29, 1.82) is 0 Å². The molecule has 0 saturated heterocycles. The van der Waals surface area contributed by atoms with Gasteiger partial charge in [-0.25, -0.2) is 9.78 Å². The number of aromatic hydroxyl groups is 1. The molecule has 10 heteroatoms. The second-order valence-electron chi connectivity index (χ2n) is 8.04. The molecule has 0 atom stereocenters. The fourth-order valence-corrected chi connectivity index (χ4v) is 3.56. The number of fused-ring (bicyclic) bond motifs is 1. The van der Waals surface area contributed by atoms with Crippen molar-refractivity contribution in [2.24, 2.45) is 0 Å². The summed E-state index contributed by atoms with van der Waals surface area (Å²) in [6.45, 7) is 13.7. The zero-order chi connectivity index (χ0) is 27.2. The molecule has 194 valence electrons. The number of benzene rings is 2. The lowest BCUT2D eigenvalue weighted by atomic mass is 9.98. The van der Waals surface area contributed by atoms with E-state index in [1.165, 1.54) is 43.9 Å². The first-order chi connectivity index (χ1) is 16.8. The Morgan fingerprint density at radius 1 is 0.972 bits per heavy atom. The first-order valence-electron chi connectivity index (χ1n) is 11.4. The number of amides is 1. The predicted octanol–water partition coefficient (Wildman–Crippen LogP) is 5.77. The van der Waals surface area contributed by atoms with Crippen LogP contribution in [0.15, 0.2) is 36.4 Å². The van der Waals surface area contributed by atoms with Gasteiger partial charge in [-0.3, -0.25) is 4.79 Å². The van der Waals surface area contributed by atoms with Gasteiger partial charge in [-0.15, -0.1) is 0 Å². The van der Waals surface area contributed by atoms with E-state index < -0.39 is 23.8 Å². The van der Waals surface area contributed by atoms with Gasteiger partial charge in [0.25, 0.3) is 0 Å². The number of carboxylic acids is 1. The normalized spacial score (nSPS) is 11.2. The standard InChI is InChI=1S/C20H15F3N2O4.C6H15N/c1-9-3-8-13-14(18(27)28)17(26)16(25-15(13)10(9)2)11-4-6-12(7-5-11)24-19(29)20(21,22)23;1-4-7(5-2)6-3/h3-8,26H,1-2H3,(H,24,29)(H,27,28);4-6H2,1-3H3. The van der Waals surface area contributed by atoms with Crippen LogP contribution < -0.4 is 5.32 Å². The van der Waals surface area contributed by atoms with Crippen LogP contribution in [-0.4, -0.2) is 57.8 Å². The molecule has 3 aromatic rings. The summed E-state index contributed by atoms with van der Waals surface area (Å²) in [6.07, 6.45) is -5.03. The molecule has 0 fully saturated rings. The Bertz CT molecular complexity index is 1230. The summed E-state index contributed by atoms with van der Waals surface area (Å²) in [7, 11) is 0. The van der Waals surface area contributed by atoms with E-state index in [0.717, 1.165) is 11.1 Å². The maximum absolute atomic E-state index is 12.4. The molecular formula is C26H30F3N3O4. The third-order valence-electron chi connectivity index (χ3n) is 5.89. The molecule has 0 aliphatic carbocycles. The average molecular weight is 506 g/mol. The summed E-state index contributed by atoms with van der Waals surface area (Å²) >= 11 is 0. The number of hydrogen-bond donors (Lipinski definition) is 3. The molecule has 0 aliphatic heterocycles. The number of aryl methyl sites for hydroxylation is 2. The molecule has 2 aromatic carbocycles. The number of carbonyl (C=O) groups is 2. The molecule has 1 heterocycles. The van der Waals surface area contributed by atoms with Crippen molar-refractivity contribution in [3.63, 3.8) is 0 Å². The molecule has 3 N–H and O–H groups in total. The number of aromatic carboxylic acids is 1. The molecule has 0 aliphatic rings. The van der Waals surface area contributed by atoms with Crippen LogP contribution in [0, 0.1) is 13.8 Å². The van der Waals surface area contributed by atoms with E-state index in [1.807, 2.05) is 6.92 Å². The maximum Gasteiger partial charge on any atom is 0.471 e. The average Bonchev–Trinajstić information content (AvgIpc) is 2.82. The number of aromatic nitrogens is 1. The zero-order valence-electron chi connectivity index (χ0n) is 20.8. The lowest BCUT2D eigenvalue weighted by molar-refractivity contribution is -0.167. The lowest BCUT2D eigenvalue weighted by Gasteiger charge is -2.14. The highest BCUT2D eigenvalue weighted by atomic mass is 19.4. The first kappa shape index (κ1) is 28.6. The smallest absolute Gasteiger partial charge is 0.471 e. The molecule has 0 saturated carbocycles. The second kappa shape index (κ2) is 11.9. The largest absolute Gasteiger partial charge is 0.505 e. The van der Waals surface area contributed by atoms with E-state index in [9.17, 15) is 33.0 Å². The monoisotopic (exact) mass is 505 g/mol. The van der Waals surface area contributed by atoms with E-state index in [2.05, 4.69) is 30.7 Å². The SMILES string of the molecule is CCN(CC)CC.Cc1ccc2c(C(=O)O)c(O)c(-c3ccc(NC(=O)C(F)(F)F)cc3)nc2c1C. The van der Waals surface area contributed by atoms with Gasteiger partial charge < -0.3 is 20.4 Å². The van der Waals surface area contributed by atoms with E-state index in [4.69, 9.17) is 0 Å². The van der Waals surface area contributed by atoms with Crippen LogP contribution in [0.2, 0.25) is 0 Å². The Morgan fingerprint density at radius 3 is 1.97 bits per heavy atom. The molecule has 7 nitrogen and oxygen atoms in total. The highest BCUT2D eigenvalue weighted by molar-refractivity contribution is 6.08. The molecular weight excluding hydrogens is 475 g/mol. The number of nitrogens with one attached hydrogen (secondary N) is 1. The van der Waals surface area contributed by atoms with E-state index in [0.29, 0.717) is 5.52 Å². The molecule has 1 aromatic heterocycles. The second-order valence-corrected chi connectivity index (χ2v) is 8.04. The van der Waals surface area contributed by atoms with Gasteiger partial charge in [0.1, 0.15) is 11.3 Å². The van der Waals surface area contributed by atoms with Crippen molar-refractivity contribution in [2.45, 2.75) is 40.8 Å². The van der Waals surface area contributed by atoms with Gasteiger partial charge in [-0.2, -0.15) is 13.2 Å². The van der Waals surface area contributed by atoms with Gasteiger partial charge in [-0.1, -0.05) is 45.0 Å². The molecule has 36 heavy (non-hydrogen) atoms. The lowest BCUT2D eigenvalue weighted by Crippen LogP contribution is -2.29. The molecule has 0 radical (unpaired) electrons. The minimum Gasteiger partial charge on any atom is -0.505 e. The Kier molecular flexibility index (Phi) is 9.41. The summed E-state index contributed by atoms with van der Waals surface area (Å²) in [5, 5.41) is 22.1. The van der Waals surface area contributed by atoms with Crippen LogP contribution in [0.1, 0.15) is 42.3 Å². The Balaban J connectivity index is 0.000000572. The summed E-state index contributed by atoms with van der Waals surface area (Å²) < 4.78 is 37.1. The molecule has 0 bridgehead atoms. The van der Waals surface area contributed by atoms with Crippen LogP contribution in [0.25, 0.3) is 22.2 Å². The number of nitrogens with zero attached hydrogens (tertiary/aromatic N) is 2. The number of hydrogen-bond acceptors (Lipinski definition) is 5. The first-order valence-corrected chi connectivity index (χ1v) is 11.4. The number of carbonyl (C=O) groups excluding carboxylic acids is 1. The molecule has 0 spiro atoms. The topological polar surface area (TPSA) is 103 Å². The van der Waals surface area contributed by atoms with Crippen molar-refractivity contribution < 1.29 is 33.0 Å². The van der Waals surface area contributed by atoms with Crippen molar-refractivity contribution in [1.82, 2.24) is 9.88 Å². The quantitative estimate of drug-likeness (QED) is 0.393. The number of pyridine rings is 1.